The quantitative estimate of drug-likeness (QED) is 0.120. The number of ether oxygens (including phenoxy) is 4. The van der Waals surface area contributed by atoms with Crippen molar-refractivity contribution in [3.63, 3.8) is 0 Å². The summed E-state index contributed by atoms with van der Waals surface area (Å²) in [5, 5.41) is 24.5. The molecule has 5 aromatic rings. The minimum Gasteiger partial charge on any atom is -0.485 e. The van der Waals surface area contributed by atoms with E-state index in [9.17, 15) is 9.59 Å². The van der Waals surface area contributed by atoms with Crippen LogP contribution in [0.25, 0.3) is 0 Å². The van der Waals surface area contributed by atoms with Crippen LogP contribution in [-0.2, 0) is 22.8 Å². The van der Waals surface area contributed by atoms with E-state index in [1.165, 1.54) is 0 Å². The highest BCUT2D eigenvalue weighted by atomic mass is 35.5. The van der Waals surface area contributed by atoms with E-state index in [0.29, 0.717) is 53.1 Å². The summed E-state index contributed by atoms with van der Waals surface area (Å²) in [6.07, 6.45) is 0. The first-order chi connectivity index (χ1) is 22.2. The van der Waals surface area contributed by atoms with Crippen molar-refractivity contribution >= 4 is 91.2 Å². The zero-order valence-electron chi connectivity index (χ0n) is 23.2. The van der Waals surface area contributed by atoms with Crippen LogP contribution in [0.15, 0.2) is 60.7 Å². The molecule has 18 heteroatoms. The summed E-state index contributed by atoms with van der Waals surface area (Å²) >= 11 is 26.3. The normalized spacial score (nSPS) is 10.7. The van der Waals surface area contributed by atoms with E-state index >= 15 is 0 Å². The number of halogens is 4. The van der Waals surface area contributed by atoms with Gasteiger partial charge in [0.2, 0.25) is 10.3 Å². The number of hydrogen-bond acceptors (Lipinski definition) is 12. The van der Waals surface area contributed by atoms with Crippen LogP contribution >= 0.6 is 69.1 Å². The van der Waals surface area contributed by atoms with Gasteiger partial charge in [-0.15, -0.1) is 20.4 Å². The van der Waals surface area contributed by atoms with Gasteiger partial charge in [-0.05, 0) is 60.7 Å². The summed E-state index contributed by atoms with van der Waals surface area (Å²) in [6, 6.07) is 16.2. The van der Waals surface area contributed by atoms with E-state index in [1.807, 2.05) is 0 Å². The number of amides is 2. The highest BCUT2D eigenvalue weighted by Crippen LogP contribution is 2.30. The molecule has 0 fully saturated rings. The molecule has 0 radical (unpaired) electrons. The molecule has 2 N–H and O–H groups in total. The van der Waals surface area contributed by atoms with Crippen LogP contribution in [0, 0.1) is 0 Å². The predicted octanol–water partition coefficient (Wildman–Crippen LogP) is 7.20. The monoisotopic (exact) mass is 740 g/mol. The molecule has 2 heterocycles. The molecule has 0 aliphatic carbocycles. The van der Waals surface area contributed by atoms with Crippen molar-refractivity contribution in [3.8, 4) is 23.0 Å². The third kappa shape index (κ3) is 10.0. The molecule has 238 valence electrons. The summed E-state index contributed by atoms with van der Waals surface area (Å²) in [6.45, 7) is -0.310. The Bertz CT molecular complexity index is 1690. The van der Waals surface area contributed by atoms with E-state index in [4.69, 9.17) is 65.4 Å². The van der Waals surface area contributed by atoms with E-state index < -0.39 is 11.8 Å². The van der Waals surface area contributed by atoms with Gasteiger partial charge in [0.15, 0.2) is 23.2 Å². The Morgan fingerprint density at radius 1 is 0.587 bits per heavy atom. The second kappa shape index (κ2) is 16.1. The summed E-state index contributed by atoms with van der Waals surface area (Å²) in [5.41, 5.74) is 0. The lowest BCUT2D eigenvalue weighted by atomic mass is 10.3. The van der Waals surface area contributed by atoms with Gasteiger partial charge in [0, 0.05) is 10.0 Å². The number of benzene rings is 3. The van der Waals surface area contributed by atoms with Crippen LogP contribution in [0.1, 0.15) is 10.0 Å². The summed E-state index contributed by atoms with van der Waals surface area (Å²) in [7, 11) is 0. The first kappa shape index (κ1) is 33.4. The molecule has 0 unspecified atom stereocenters. The van der Waals surface area contributed by atoms with Crippen molar-refractivity contribution in [2.75, 3.05) is 23.8 Å². The van der Waals surface area contributed by atoms with Gasteiger partial charge in [0.25, 0.3) is 11.8 Å². The van der Waals surface area contributed by atoms with Crippen molar-refractivity contribution in [1.29, 1.82) is 0 Å². The Labute approximate surface area is 289 Å². The molecule has 0 bridgehead atoms. The maximum Gasteiger partial charge on any atom is 0.264 e. The van der Waals surface area contributed by atoms with Crippen LogP contribution in [0.2, 0.25) is 20.1 Å². The Kier molecular flexibility index (Phi) is 11.7. The lowest BCUT2D eigenvalue weighted by Gasteiger charge is -2.08. The van der Waals surface area contributed by atoms with Gasteiger partial charge in [0.05, 0.1) is 10.0 Å². The summed E-state index contributed by atoms with van der Waals surface area (Å²) in [5.74, 6) is 0.879. The number of rotatable bonds is 14. The lowest BCUT2D eigenvalue weighted by Crippen LogP contribution is -2.20. The number of anilines is 2. The molecule has 3 aromatic carbocycles. The number of hydrogen-bond donors (Lipinski definition) is 2. The van der Waals surface area contributed by atoms with Crippen LogP contribution in [0.4, 0.5) is 10.3 Å². The minimum atomic E-state index is -0.429. The third-order valence-corrected chi connectivity index (χ3v) is 8.17. The topological polar surface area (TPSA) is 147 Å². The van der Waals surface area contributed by atoms with Crippen molar-refractivity contribution < 1.29 is 28.5 Å². The Morgan fingerprint density at radius 2 is 1.00 bits per heavy atom. The second-order valence-corrected chi connectivity index (χ2v) is 12.7. The average molecular weight is 742 g/mol. The zero-order chi connectivity index (χ0) is 32.5. The van der Waals surface area contributed by atoms with Gasteiger partial charge in [-0.1, -0.05) is 69.1 Å². The van der Waals surface area contributed by atoms with Gasteiger partial charge in [-0.25, -0.2) is 0 Å². The highest BCUT2D eigenvalue weighted by Gasteiger charge is 2.13. The molecule has 5 rings (SSSR count). The van der Waals surface area contributed by atoms with Gasteiger partial charge in [0.1, 0.15) is 36.2 Å². The first-order valence-corrected chi connectivity index (χ1v) is 16.1. The molecule has 0 saturated carbocycles. The molecule has 0 saturated heterocycles. The highest BCUT2D eigenvalue weighted by molar-refractivity contribution is 7.15. The van der Waals surface area contributed by atoms with Gasteiger partial charge < -0.3 is 18.9 Å². The summed E-state index contributed by atoms with van der Waals surface area (Å²) < 4.78 is 22.3. The number of nitrogens with one attached hydrogen (secondary N) is 2. The number of nitrogens with zero attached hydrogens (tertiary/aromatic N) is 4. The number of aromatic nitrogens is 4. The van der Waals surface area contributed by atoms with Crippen LogP contribution in [0.5, 0.6) is 23.0 Å². The molecule has 2 amide bonds. The fraction of sp³-hybridized carbons (Fsp3) is 0.143. The Balaban J connectivity index is 0.991. The maximum absolute atomic E-state index is 12.3. The van der Waals surface area contributed by atoms with E-state index in [1.54, 1.807) is 60.7 Å². The van der Waals surface area contributed by atoms with Crippen molar-refractivity contribution in [2.45, 2.75) is 13.2 Å². The molecule has 46 heavy (non-hydrogen) atoms. The van der Waals surface area contributed by atoms with Gasteiger partial charge in [-0.2, -0.15) is 0 Å². The first-order valence-electron chi connectivity index (χ1n) is 13.0. The largest absolute Gasteiger partial charge is 0.485 e. The molecule has 0 aliphatic rings. The smallest absolute Gasteiger partial charge is 0.264 e. The fourth-order valence-electron chi connectivity index (χ4n) is 3.43. The van der Waals surface area contributed by atoms with Gasteiger partial charge >= 0.3 is 0 Å². The molecule has 2 aromatic heterocycles. The number of carbonyl (C=O) groups excluding carboxylic acids is 2. The van der Waals surface area contributed by atoms with Crippen LogP contribution < -0.4 is 29.6 Å². The van der Waals surface area contributed by atoms with Crippen LogP contribution in [-0.4, -0.2) is 45.4 Å². The molecular formula is C28H20Cl4N6O6S2. The molecule has 12 nitrogen and oxygen atoms in total. The number of carbonyl (C=O) groups is 2. The standard InChI is InChI=1S/C28H20Cl4N6O6S2/c29-15-1-7-21(19(31)9-15)43-13-25-35-37-27(45-25)33-23(39)11-41-17-3-5-18(6-4-17)42-12-24(40)34-28-38-36-26(46-28)14-44-22-8-2-16(30)10-20(22)32/h1-10H,11-14H2,(H,33,37,39)(H,34,38,40). The van der Waals surface area contributed by atoms with Gasteiger partial charge in [-0.3, -0.25) is 20.2 Å². The van der Waals surface area contributed by atoms with Crippen molar-refractivity contribution in [2.24, 2.45) is 0 Å². The maximum atomic E-state index is 12.3. The zero-order valence-corrected chi connectivity index (χ0v) is 27.8. The predicted molar refractivity (Wildman–Crippen MR) is 176 cm³/mol. The molecule has 0 spiro atoms. The minimum absolute atomic E-state index is 0.113. The lowest BCUT2D eigenvalue weighted by molar-refractivity contribution is -0.118. The van der Waals surface area contributed by atoms with E-state index in [0.717, 1.165) is 22.7 Å². The average Bonchev–Trinajstić information content (AvgIpc) is 3.67. The van der Waals surface area contributed by atoms with Crippen molar-refractivity contribution in [3.05, 3.63) is 90.8 Å². The fourth-order valence-corrected chi connectivity index (χ4v) is 5.69. The molecular weight excluding hydrogens is 722 g/mol. The van der Waals surface area contributed by atoms with E-state index in [2.05, 4.69) is 31.0 Å². The Morgan fingerprint density at radius 3 is 1.39 bits per heavy atom. The Hall–Kier alpha value is -3.92. The molecule has 0 atom stereocenters. The summed E-state index contributed by atoms with van der Waals surface area (Å²) in [4.78, 5) is 24.6. The second-order valence-electron chi connectivity index (χ2n) is 8.87. The van der Waals surface area contributed by atoms with Crippen molar-refractivity contribution in [1.82, 2.24) is 20.4 Å². The third-order valence-electron chi connectivity index (χ3n) is 5.48. The molecule has 0 aliphatic heterocycles. The SMILES string of the molecule is O=C(COc1ccc(OCC(=O)Nc2nnc(COc3ccc(Cl)cc3Cl)s2)cc1)Nc1nnc(COc2ccc(Cl)cc2Cl)s1. The van der Waals surface area contributed by atoms with Crippen LogP contribution in [0.3, 0.4) is 0 Å². The van der Waals surface area contributed by atoms with E-state index in [-0.39, 0.29) is 36.7 Å².